The van der Waals surface area contributed by atoms with Crippen LogP contribution in [-0.2, 0) is 0 Å². The van der Waals surface area contributed by atoms with Crippen LogP contribution in [0.1, 0.15) is 35.7 Å². The third-order valence-corrected chi connectivity index (χ3v) is 3.88. The third kappa shape index (κ3) is 3.13. The maximum atomic E-state index is 12.4. The van der Waals surface area contributed by atoms with E-state index in [0.29, 0.717) is 11.1 Å². The summed E-state index contributed by atoms with van der Waals surface area (Å²) in [5.41, 5.74) is 6.40. The number of carbonyl (C=O) groups excluding carboxylic acids is 1. The average Bonchev–Trinajstić information content (AvgIpc) is 2.85. The van der Waals surface area contributed by atoms with E-state index >= 15 is 0 Å². The number of rotatable bonds is 4. The lowest BCUT2D eigenvalue weighted by Gasteiger charge is -2.24. The van der Waals surface area contributed by atoms with E-state index in [1.807, 2.05) is 6.92 Å². The van der Waals surface area contributed by atoms with Gasteiger partial charge in [0.2, 0.25) is 0 Å². The second-order valence-electron chi connectivity index (χ2n) is 5.24. The lowest BCUT2D eigenvalue weighted by atomic mass is 10.1. The zero-order valence-electron chi connectivity index (χ0n) is 12.3. The normalized spacial score (nSPS) is 18.7. The van der Waals surface area contributed by atoms with Gasteiger partial charge < -0.3 is 11.1 Å². The van der Waals surface area contributed by atoms with Gasteiger partial charge in [-0.1, -0.05) is 6.92 Å². The van der Waals surface area contributed by atoms with Crippen molar-refractivity contribution in [3.63, 3.8) is 0 Å². The molecule has 0 aliphatic carbocycles. The number of amides is 1. The van der Waals surface area contributed by atoms with Crippen LogP contribution in [0.3, 0.4) is 0 Å². The molecule has 0 aromatic heterocycles. The molecule has 1 aromatic rings. The van der Waals surface area contributed by atoms with Crippen molar-refractivity contribution in [3.05, 3.63) is 33.4 Å². The molecule has 114 valence electrons. The first kappa shape index (κ1) is 15.2. The van der Waals surface area contributed by atoms with Crippen molar-refractivity contribution in [2.24, 2.45) is 0 Å². The number of hydrogen-bond acceptors (Lipinski definition) is 5. The number of nitrogens with zero attached hydrogens (tertiary/aromatic N) is 2. The van der Waals surface area contributed by atoms with E-state index in [9.17, 15) is 14.9 Å². The number of aryl methyl sites for hydroxylation is 1. The third-order valence-electron chi connectivity index (χ3n) is 3.88. The number of likely N-dealkylation sites (tertiary alicyclic amines) is 1. The Bertz CT molecular complexity index is 574. The Kier molecular flexibility index (Phi) is 4.42. The largest absolute Gasteiger partial charge is 0.393 e. The first-order valence-electron chi connectivity index (χ1n) is 7.03. The lowest BCUT2D eigenvalue weighted by molar-refractivity contribution is -0.383. The van der Waals surface area contributed by atoms with Crippen LogP contribution < -0.4 is 11.1 Å². The Morgan fingerprint density at radius 3 is 2.90 bits per heavy atom. The summed E-state index contributed by atoms with van der Waals surface area (Å²) in [7, 11) is 0. The minimum Gasteiger partial charge on any atom is -0.393 e. The molecule has 0 spiro atoms. The van der Waals surface area contributed by atoms with E-state index < -0.39 is 4.92 Å². The smallest absolute Gasteiger partial charge is 0.292 e. The number of carbonyl (C=O) groups is 1. The fraction of sp³-hybridized carbons (Fsp3) is 0.500. The van der Waals surface area contributed by atoms with Crippen LogP contribution in [0, 0.1) is 17.0 Å². The van der Waals surface area contributed by atoms with E-state index in [-0.39, 0.29) is 23.4 Å². The second-order valence-corrected chi connectivity index (χ2v) is 5.24. The van der Waals surface area contributed by atoms with Gasteiger partial charge in [0.25, 0.3) is 11.6 Å². The van der Waals surface area contributed by atoms with Gasteiger partial charge in [-0.05, 0) is 37.9 Å². The summed E-state index contributed by atoms with van der Waals surface area (Å²) >= 11 is 0. The van der Waals surface area contributed by atoms with Crippen LogP contribution >= 0.6 is 0 Å². The SMILES string of the molecule is CCN1CCCC1NC(=O)c1cc([N+](=O)[O-])c(N)cc1C. The van der Waals surface area contributed by atoms with Crippen LogP contribution in [0.2, 0.25) is 0 Å². The standard InChI is InChI=1S/C14H20N4O3/c1-3-17-6-4-5-13(17)16-14(19)10-8-12(18(20)21)11(15)7-9(10)2/h7-8,13H,3-6,15H2,1-2H3,(H,16,19). The quantitative estimate of drug-likeness (QED) is 0.499. The Labute approximate surface area is 123 Å². The molecule has 1 aromatic carbocycles. The molecule has 1 atom stereocenters. The highest BCUT2D eigenvalue weighted by atomic mass is 16.6. The zero-order valence-corrected chi connectivity index (χ0v) is 12.3. The number of nitrogens with one attached hydrogen (secondary N) is 1. The molecule has 21 heavy (non-hydrogen) atoms. The van der Waals surface area contributed by atoms with Crippen molar-refractivity contribution in [2.45, 2.75) is 32.9 Å². The minimum atomic E-state index is -0.570. The minimum absolute atomic E-state index is 0.00138. The Balaban J connectivity index is 2.23. The van der Waals surface area contributed by atoms with Gasteiger partial charge in [-0.25, -0.2) is 0 Å². The molecule has 2 rings (SSSR count). The highest BCUT2D eigenvalue weighted by Gasteiger charge is 2.26. The molecule has 1 fully saturated rings. The van der Waals surface area contributed by atoms with Crippen LogP contribution in [0.5, 0.6) is 0 Å². The van der Waals surface area contributed by atoms with E-state index in [1.165, 1.54) is 12.1 Å². The fourth-order valence-electron chi connectivity index (χ4n) is 2.72. The number of nitrogen functional groups attached to an aromatic ring is 1. The summed E-state index contributed by atoms with van der Waals surface area (Å²) in [5.74, 6) is -0.291. The van der Waals surface area contributed by atoms with Gasteiger partial charge >= 0.3 is 0 Å². The summed E-state index contributed by atoms with van der Waals surface area (Å²) in [5, 5.41) is 13.9. The number of benzene rings is 1. The van der Waals surface area contributed by atoms with Gasteiger partial charge in [0.15, 0.2) is 0 Å². The molecule has 0 saturated carbocycles. The maximum absolute atomic E-state index is 12.4. The Hall–Kier alpha value is -2.15. The van der Waals surface area contributed by atoms with E-state index in [1.54, 1.807) is 6.92 Å². The predicted molar refractivity (Wildman–Crippen MR) is 80.0 cm³/mol. The van der Waals surface area contributed by atoms with Crippen molar-refractivity contribution in [1.82, 2.24) is 10.2 Å². The summed E-state index contributed by atoms with van der Waals surface area (Å²) in [6.45, 7) is 5.60. The van der Waals surface area contributed by atoms with Crippen molar-refractivity contribution in [2.75, 3.05) is 18.8 Å². The number of nitro groups is 1. The zero-order chi connectivity index (χ0) is 15.6. The summed E-state index contributed by atoms with van der Waals surface area (Å²) in [6.07, 6.45) is 1.94. The number of hydrogen-bond donors (Lipinski definition) is 2. The highest BCUT2D eigenvalue weighted by Crippen LogP contribution is 2.26. The summed E-state index contributed by atoms with van der Waals surface area (Å²) in [4.78, 5) is 24.9. The summed E-state index contributed by atoms with van der Waals surface area (Å²) < 4.78 is 0. The van der Waals surface area contributed by atoms with Crippen LogP contribution in [-0.4, -0.2) is 35.0 Å². The van der Waals surface area contributed by atoms with Crippen molar-refractivity contribution < 1.29 is 9.72 Å². The topological polar surface area (TPSA) is 102 Å². The fourth-order valence-corrected chi connectivity index (χ4v) is 2.72. The lowest BCUT2D eigenvalue weighted by Crippen LogP contribution is -2.44. The summed E-state index contributed by atoms with van der Waals surface area (Å²) in [6, 6.07) is 2.73. The van der Waals surface area contributed by atoms with Gasteiger partial charge in [0.1, 0.15) is 5.69 Å². The van der Waals surface area contributed by atoms with Gasteiger partial charge in [-0.15, -0.1) is 0 Å². The molecular formula is C14H20N4O3. The van der Waals surface area contributed by atoms with Gasteiger partial charge in [0, 0.05) is 18.2 Å². The molecule has 1 amide bonds. The van der Waals surface area contributed by atoms with Crippen molar-refractivity contribution in [3.8, 4) is 0 Å². The Morgan fingerprint density at radius 1 is 1.57 bits per heavy atom. The number of nitro benzene ring substituents is 1. The molecule has 1 aliphatic heterocycles. The Morgan fingerprint density at radius 2 is 2.29 bits per heavy atom. The van der Waals surface area contributed by atoms with Gasteiger partial charge in [0.05, 0.1) is 11.1 Å². The number of nitrogens with two attached hydrogens (primary N) is 1. The molecule has 0 radical (unpaired) electrons. The van der Waals surface area contributed by atoms with Crippen LogP contribution in [0.25, 0.3) is 0 Å². The first-order chi connectivity index (χ1) is 9.93. The molecule has 1 aliphatic rings. The maximum Gasteiger partial charge on any atom is 0.292 e. The highest BCUT2D eigenvalue weighted by molar-refractivity contribution is 5.97. The monoisotopic (exact) mass is 292 g/mol. The molecule has 7 heteroatoms. The van der Waals surface area contributed by atoms with E-state index in [2.05, 4.69) is 10.2 Å². The van der Waals surface area contributed by atoms with Gasteiger partial charge in [-0.3, -0.25) is 19.8 Å². The van der Waals surface area contributed by atoms with Crippen molar-refractivity contribution >= 4 is 17.3 Å². The van der Waals surface area contributed by atoms with E-state index in [0.717, 1.165) is 25.9 Å². The molecule has 3 N–H and O–H groups in total. The molecule has 1 saturated heterocycles. The number of anilines is 1. The molecule has 1 unspecified atom stereocenters. The molecular weight excluding hydrogens is 272 g/mol. The predicted octanol–water partition coefficient (Wildman–Crippen LogP) is 1.66. The molecule has 7 nitrogen and oxygen atoms in total. The van der Waals surface area contributed by atoms with Crippen LogP contribution in [0.4, 0.5) is 11.4 Å². The van der Waals surface area contributed by atoms with Crippen LogP contribution in [0.15, 0.2) is 12.1 Å². The molecule has 0 bridgehead atoms. The second kappa shape index (κ2) is 6.09. The van der Waals surface area contributed by atoms with E-state index in [4.69, 9.17) is 5.73 Å². The first-order valence-corrected chi connectivity index (χ1v) is 7.03. The molecule has 1 heterocycles. The van der Waals surface area contributed by atoms with Gasteiger partial charge in [-0.2, -0.15) is 0 Å². The average molecular weight is 292 g/mol. The van der Waals surface area contributed by atoms with Crippen molar-refractivity contribution in [1.29, 1.82) is 0 Å².